The van der Waals surface area contributed by atoms with Crippen molar-refractivity contribution in [2.75, 3.05) is 20.2 Å². The van der Waals surface area contributed by atoms with Crippen LogP contribution in [0.4, 0.5) is 9.18 Å². The van der Waals surface area contributed by atoms with Gasteiger partial charge < -0.3 is 15.3 Å². The van der Waals surface area contributed by atoms with Gasteiger partial charge in [0, 0.05) is 24.6 Å². The number of aliphatic hydroxyl groups excluding tert-OH is 1. The van der Waals surface area contributed by atoms with Crippen molar-refractivity contribution < 1.29 is 14.3 Å². The Bertz CT molecular complexity index is 401. The molecule has 0 fully saturated rings. The van der Waals surface area contributed by atoms with Gasteiger partial charge in [0.15, 0.2) is 0 Å². The molecule has 94 valence electrons. The first kappa shape index (κ1) is 13.9. The van der Waals surface area contributed by atoms with E-state index in [1.807, 2.05) is 0 Å². The Morgan fingerprint density at radius 3 is 2.94 bits per heavy atom. The molecular weight excluding hydrogens is 291 g/mol. The van der Waals surface area contributed by atoms with Crippen molar-refractivity contribution >= 4 is 22.0 Å². The van der Waals surface area contributed by atoms with Gasteiger partial charge in [-0.05, 0) is 23.8 Å². The first-order chi connectivity index (χ1) is 8.04. The van der Waals surface area contributed by atoms with Gasteiger partial charge in [0.25, 0.3) is 0 Å². The fraction of sp³-hybridized carbons (Fsp3) is 0.364. The molecule has 0 atom stereocenters. The normalized spacial score (nSPS) is 10.1. The Kier molecular flexibility index (Phi) is 5.37. The molecule has 1 aromatic rings. The average Bonchev–Trinajstić information content (AvgIpc) is 2.30. The summed E-state index contributed by atoms with van der Waals surface area (Å²) in [4.78, 5) is 12.9. The summed E-state index contributed by atoms with van der Waals surface area (Å²) in [5.74, 6) is -0.346. The van der Waals surface area contributed by atoms with E-state index < -0.39 is 0 Å². The van der Waals surface area contributed by atoms with Gasteiger partial charge in [-0.2, -0.15) is 0 Å². The largest absolute Gasteiger partial charge is 0.395 e. The third kappa shape index (κ3) is 4.32. The summed E-state index contributed by atoms with van der Waals surface area (Å²) in [6.07, 6.45) is 0. The van der Waals surface area contributed by atoms with Gasteiger partial charge in [-0.1, -0.05) is 15.9 Å². The van der Waals surface area contributed by atoms with Crippen LogP contribution in [0.2, 0.25) is 0 Å². The molecule has 1 rings (SSSR count). The zero-order valence-corrected chi connectivity index (χ0v) is 11.0. The molecule has 6 heteroatoms. The Balaban J connectivity index is 2.55. The summed E-state index contributed by atoms with van der Waals surface area (Å²) < 4.78 is 13.7. The topological polar surface area (TPSA) is 52.6 Å². The first-order valence-corrected chi connectivity index (χ1v) is 5.87. The molecule has 0 saturated carbocycles. The Morgan fingerprint density at radius 2 is 2.29 bits per heavy atom. The van der Waals surface area contributed by atoms with E-state index in [4.69, 9.17) is 5.11 Å². The first-order valence-electron chi connectivity index (χ1n) is 5.08. The van der Waals surface area contributed by atoms with Crippen molar-refractivity contribution in [2.45, 2.75) is 6.54 Å². The maximum absolute atomic E-state index is 13.0. The van der Waals surface area contributed by atoms with Crippen LogP contribution >= 0.6 is 15.9 Å². The van der Waals surface area contributed by atoms with E-state index in [0.717, 1.165) is 4.47 Å². The number of aliphatic hydroxyl groups is 1. The number of nitrogens with zero attached hydrogens (tertiary/aromatic N) is 1. The summed E-state index contributed by atoms with van der Waals surface area (Å²) in [5.41, 5.74) is 0.663. The Labute approximate surface area is 108 Å². The second kappa shape index (κ2) is 6.56. The van der Waals surface area contributed by atoms with E-state index in [1.165, 1.54) is 17.0 Å². The van der Waals surface area contributed by atoms with Crippen LogP contribution in [0.25, 0.3) is 0 Å². The van der Waals surface area contributed by atoms with Gasteiger partial charge in [0.05, 0.1) is 6.61 Å². The molecule has 17 heavy (non-hydrogen) atoms. The van der Waals surface area contributed by atoms with Crippen molar-refractivity contribution in [2.24, 2.45) is 0 Å². The standard InChI is InChI=1S/C11H14BrFN2O2/c1-15(4-5-16)11(17)14-7-8-6-9(13)2-3-10(8)12/h2-3,6,16H,4-5,7H2,1H3,(H,14,17). The molecule has 4 nitrogen and oxygen atoms in total. The van der Waals surface area contributed by atoms with Crippen LogP contribution in [-0.4, -0.2) is 36.2 Å². The minimum Gasteiger partial charge on any atom is -0.395 e. The summed E-state index contributed by atoms with van der Waals surface area (Å²) in [5, 5.41) is 11.3. The number of rotatable bonds is 4. The monoisotopic (exact) mass is 304 g/mol. The van der Waals surface area contributed by atoms with E-state index >= 15 is 0 Å². The van der Waals surface area contributed by atoms with E-state index in [-0.39, 0.29) is 31.5 Å². The maximum Gasteiger partial charge on any atom is 0.317 e. The van der Waals surface area contributed by atoms with E-state index in [0.29, 0.717) is 5.56 Å². The second-order valence-electron chi connectivity index (χ2n) is 3.54. The Morgan fingerprint density at radius 1 is 1.59 bits per heavy atom. The van der Waals surface area contributed by atoms with Crippen LogP contribution in [0.3, 0.4) is 0 Å². The number of nitrogens with one attached hydrogen (secondary N) is 1. The van der Waals surface area contributed by atoms with E-state index in [1.54, 1.807) is 13.1 Å². The highest BCUT2D eigenvalue weighted by Gasteiger charge is 2.08. The molecule has 0 saturated heterocycles. The number of hydrogen-bond acceptors (Lipinski definition) is 2. The number of likely N-dealkylation sites (N-methyl/N-ethyl adjacent to an activating group) is 1. The van der Waals surface area contributed by atoms with Crippen LogP contribution in [0.5, 0.6) is 0 Å². The zero-order chi connectivity index (χ0) is 12.8. The molecule has 0 radical (unpaired) electrons. The molecule has 2 N–H and O–H groups in total. The summed E-state index contributed by atoms with van der Waals surface area (Å²) >= 11 is 3.28. The highest BCUT2D eigenvalue weighted by atomic mass is 79.9. The lowest BCUT2D eigenvalue weighted by Gasteiger charge is -2.16. The number of amides is 2. The SMILES string of the molecule is CN(CCO)C(=O)NCc1cc(F)ccc1Br. The quantitative estimate of drug-likeness (QED) is 0.890. The summed E-state index contributed by atoms with van der Waals surface area (Å²) in [6.45, 7) is 0.399. The lowest BCUT2D eigenvalue weighted by Crippen LogP contribution is -2.38. The molecule has 0 aromatic heterocycles. The van der Waals surface area contributed by atoms with Gasteiger partial charge >= 0.3 is 6.03 Å². The molecule has 0 spiro atoms. The minimum atomic E-state index is -0.346. The predicted molar refractivity (Wildman–Crippen MR) is 66.1 cm³/mol. The summed E-state index contributed by atoms with van der Waals surface area (Å²) in [7, 11) is 1.58. The highest BCUT2D eigenvalue weighted by molar-refractivity contribution is 9.10. The van der Waals surface area contributed by atoms with Crippen LogP contribution < -0.4 is 5.32 Å². The number of carbonyl (C=O) groups is 1. The molecule has 0 aliphatic heterocycles. The molecule has 2 amide bonds. The molecular formula is C11H14BrFN2O2. The van der Waals surface area contributed by atoms with Crippen molar-refractivity contribution in [1.82, 2.24) is 10.2 Å². The third-order valence-electron chi connectivity index (χ3n) is 2.22. The third-order valence-corrected chi connectivity index (χ3v) is 2.99. The van der Waals surface area contributed by atoms with Crippen molar-refractivity contribution in [1.29, 1.82) is 0 Å². The number of benzene rings is 1. The average molecular weight is 305 g/mol. The lowest BCUT2D eigenvalue weighted by molar-refractivity contribution is 0.190. The predicted octanol–water partition coefficient (Wildman–Crippen LogP) is 1.72. The highest BCUT2D eigenvalue weighted by Crippen LogP contribution is 2.17. The molecule has 0 heterocycles. The smallest absolute Gasteiger partial charge is 0.317 e. The maximum atomic E-state index is 13.0. The molecule has 0 unspecified atom stereocenters. The molecule has 0 bridgehead atoms. The second-order valence-corrected chi connectivity index (χ2v) is 4.39. The van der Waals surface area contributed by atoms with Crippen molar-refractivity contribution in [3.05, 3.63) is 34.1 Å². The van der Waals surface area contributed by atoms with Gasteiger partial charge in [-0.15, -0.1) is 0 Å². The number of halogens is 2. The van der Waals surface area contributed by atoms with E-state index in [9.17, 15) is 9.18 Å². The molecule has 1 aromatic carbocycles. The van der Waals surface area contributed by atoms with Crippen LogP contribution in [0.1, 0.15) is 5.56 Å². The minimum absolute atomic E-state index is 0.0897. The fourth-order valence-electron chi connectivity index (χ4n) is 1.24. The van der Waals surface area contributed by atoms with E-state index in [2.05, 4.69) is 21.2 Å². The molecule has 0 aliphatic rings. The number of hydrogen-bond donors (Lipinski definition) is 2. The van der Waals surface area contributed by atoms with Gasteiger partial charge in [-0.3, -0.25) is 0 Å². The number of carbonyl (C=O) groups excluding carboxylic acids is 1. The fourth-order valence-corrected chi connectivity index (χ4v) is 1.62. The zero-order valence-electron chi connectivity index (χ0n) is 9.41. The summed E-state index contributed by atoms with van der Waals surface area (Å²) in [6, 6.07) is 3.98. The van der Waals surface area contributed by atoms with Gasteiger partial charge in [0.2, 0.25) is 0 Å². The van der Waals surface area contributed by atoms with Gasteiger partial charge in [-0.25, -0.2) is 9.18 Å². The van der Waals surface area contributed by atoms with Crippen molar-refractivity contribution in [3.63, 3.8) is 0 Å². The van der Waals surface area contributed by atoms with Crippen molar-refractivity contribution in [3.8, 4) is 0 Å². The van der Waals surface area contributed by atoms with Gasteiger partial charge in [0.1, 0.15) is 5.82 Å². The molecule has 0 aliphatic carbocycles. The van der Waals surface area contributed by atoms with Crippen LogP contribution in [0, 0.1) is 5.82 Å². The number of urea groups is 1. The van der Waals surface area contributed by atoms with Crippen LogP contribution in [0.15, 0.2) is 22.7 Å². The Hall–Kier alpha value is -1.14. The lowest BCUT2D eigenvalue weighted by atomic mass is 10.2. The van der Waals surface area contributed by atoms with Crippen LogP contribution in [-0.2, 0) is 6.54 Å².